The van der Waals surface area contributed by atoms with Crippen molar-refractivity contribution in [3.8, 4) is 5.75 Å². The highest BCUT2D eigenvalue weighted by Crippen LogP contribution is 2.27. The first-order valence-electron chi connectivity index (χ1n) is 8.86. The van der Waals surface area contributed by atoms with Crippen molar-refractivity contribution in [1.82, 2.24) is 9.55 Å². The average Bonchev–Trinajstić information content (AvgIpc) is 2.72. The molecule has 0 aliphatic rings. The quantitative estimate of drug-likeness (QED) is 0.546. The first kappa shape index (κ1) is 17.0. The number of rotatable bonds is 4. The van der Waals surface area contributed by atoms with Crippen LogP contribution in [-0.2, 0) is 0 Å². The van der Waals surface area contributed by atoms with E-state index >= 15 is 0 Å². The summed E-state index contributed by atoms with van der Waals surface area (Å²) >= 11 is 0. The number of benzene rings is 3. The van der Waals surface area contributed by atoms with Gasteiger partial charge in [-0.3, -0.25) is 9.36 Å². The van der Waals surface area contributed by atoms with Gasteiger partial charge in [-0.15, -0.1) is 0 Å². The number of hydrogen-bond acceptors (Lipinski definition) is 3. The molecule has 0 saturated carbocycles. The Balaban J connectivity index is 2.00. The highest BCUT2D eigenvalue weighted by atomic mass is 16.5. The lowest BCUT2D eigenvalue weighted by Crippen LogP contribution is -2.29. The molecule has 134 valence electrons. The lowest BCUT2D eigenvalue weighted by molar-refractivity contribution is 0.415. The number of fused-ring (bicyclic) bond motifs is 1. The van der Waals surface area contributed by atoms with Crippen molar-refractivity contribution in [2.75, 3.05) is 7.11 Å². The van der Waals surface area contributed by atoms with Crippen molar-refractivity contribution in [2.24, 2.45) is 0 Å². The summed E-state index contributed by atoms with van der Waals surface area (Å²) in [6.07, 6.45) is 0. The summed E-state index contributed by atoms with van der Waals surface area (Å²) in [5.41, 5.74) is 2.68. The van der Waals surface area contributed by atoms with Crippen LogP contribution in [-0.4, -0.2) is 16.7 Å². The van der Waals surface area contributed by atoms with Gasteiger partial charge >= 0.3 is 0 Å². The van der Waals surface area contributed by atoms with Gasteiger partial charge in [0.25, 0.3) is 5.56 Å². The van der Waals surface area contributed by atoms with Gasteiger partial charge in [-0.25, -0.2) is 4.98 Å². The molecule has 0 atom stereocenters. The molecule has 0 radical (unpaired) electrons. The zero-order valence-electron chi connectivity index (χ0n) is 15.3. The van der Waals surface area contributed by atoms with Gasteiger partial charge in [-0.05, 0) is 30.2 Å². The Labute approximate surface area is 157 Å². The van der Waals surface area contributed by atoms with Crippen molar-refractivity contribution < 1.29 is 4.74 Å². The number of hydrogen-bond donors (Lipinski definition) is 0. The Hall–Kier alpha value is -3.40. The van der Waals surface area contributed by atoms with E-state index in [1.165, 1.54) is 0 Å². The molecule has 0 saturated heterocycles. The molecule has 4 heteroatoms. The van der Waals surface area contributed by atoms with Gasteiger partial charge in [0.1, 0.15) is 11.6 Å². The lowest BCUT2D eigenvalue weighted by atomic mass is 9.98. The topological polar surface area (TPSA) is 44.1 Å². The summed E-state index contributed by atoms with van der Waals surface area (Å²) in [5, 5.41) is 0.582. The van der Waals surface area contributed by atoms with Crippen LogP contribution in [0.1, 0.15) is 23.0 Å². The Bertz CT molecular complexity index is 1100. The van der Waals surface area contributed by atoms with Gasteiger partial charge in [0, 0.05) is 6.07 Å². The highest BCUT2D eigenvalue weighted by Gasteiger charge is 2.21. The summed E-state index contributed by atoms with van der Waals surface area (Å²) in [7, 11) is 1.61. The zero-order valence-corrected chi connectivity index (χ0v) is 15.3. The molecule has 1 aromatic heterocycles. The summed E-state index contributed by atoms with van der Waals surface area (Å²) < 4.78 is 7.05. The van der Waals surface area contributed by atoms with E-state index < -0.39 is 0 Å². The molecule has 0 aliphatic heterocycles. The molecule has 0 spiro atoms. The molecular weight excluding hydrogens is 336 g/mol. The minimum atomic E-state index is -0.237. The average molecular weight is 356 g/mol. The van der Waals surface area contributed by atoms with Crippen molar-refractivity contribution in [2.45, 2.75) is 13.0 Å². The summed E-state index contributed by atoms with van der Waals surface area (Å²) in [6.45, 7) is 1.87. The van der Waals surface area contributed by atoms with E-state index in [4.69, 9.17) is 9.72 Å². The van der Waals surface area contributed by atoms with Gasteiger partial charge in [0.2, 0.25) is 0 Å². The predicted octanol–water partition coefficient (Wildman–Crippen LogP) is 4.35. The molecule has 0 amide bonds. The molecule has 4 aromatic rings. The molecule has 4 rings (SSSR count). The van der Waals surface area contributed by atoms with Crippen LogP contribution in [0.3, 0.4) is 0 Å². The summed E-state index contributed by atoms with van der Waals surface area (Å²) in [6, 6.07) is 25.2. The maximum atomic E-state index is 13.4. The third-order valence-corrected chi connectivity index (χ3v) is 4.77. The van der Waals surface area contributed by atoms with Crippen LogP contribution >= 0.6 is 0 Å². The van der Waals surface area contributed by atoms with Crippen LogP contribution in [0.25, 0.3) is 10.9 Å². The van der Waals surface area contributed by atoms with Crippen LogP contribution in [0.5, 0.6) is 5.75 Å². The van der Waals surface area contributed by atoms with Crippen molar-refractivity contribution in [3.63, 3.8) is 0 Å². The van der Waals surface area contributed by atoms with Crippen LogP contribution in [0.15, 0.2) is 83.7 Å². The fourth-order valence-corrected chi connectivity index (χ4v) is 3.48. The minimum Gasteiger partial charge on any atom is -0.497 e. The van der Waals surface area contributed by atoms with Gasteiger partial charge in [0.05, 0.1) is 24.1 Å². The summed E-state index contributed by atoms with van der Waals surface area (Å²) in [4.78, 5) is 18.1. The van der Waals surface area contributed by atoms with E-state index in [0.29, 0.717) is 22.5 Å². The highest BCUT2D eigenvalue weighted by molar-refractivity contribution is 5.79. The number of nitrogens with zero attached hydrogens (tertiary/aromatic N) is 2. The van der Waals surface area contributed by atoms with E-state index in [1.807, 2.05) is 67.6 Å². The monoisotopic (exact) mass is 356 g/mol. The summed E-state index contributed by atoms with van der Waals surface area (Å²) in [5.74, 6) is 1.35. The first-order valence-corrected chi connectivity index (χ1v) is 8.86. The Morgan fingerprint density at radius 3 is 2.04 bits per heavy atom. The fourth-order valence-electron chi connectivity index (χ4n) is 3.48. The molecule has 0 N–H and O–H groups in total. The number of aromatic nitrogens is 2. The standard InChI is InChI=1S/C23H20N2O2/c1-16-24-21-15-19(27-2)13-14-20(21)23(26)25(16)22(17-9-5-3-6-10-17)18-11-7-4-8-12-18/h3-15,22H,1-2H3. The Morgan fingerprint density at radius 2 is 1.48 bits per heavy atom. The molecule has 1 heterocycles. The second kappa shape index (κ2) is 7.08. The second-order valence-corrected chi connectivity index (χ2v) is 6.44. The largest absolute Gasteiger partial charge is 0.497 e. The van der Waals surface area contributed by atoms with Crippen LogP contribution < -0.4 is 10.3 Å². The van der Waals surface area contributed by atoms with Gasteiger partial charge < -0.3 is 4.74 Å². The van der Waals surface area contributed by atoms with E-state index in [2.05, 4.69) is 0 Å². The van der Waals surface area contributed by atoms with E-state index in [9.17, 15) is 4.79 Å². The molecule has 3 aromatic carbocycles. The van der Waals surface area contributed by atoms with E-state index in [1.54, 1.807) is 29.9 Å². The normalized spacial score (nSPS) is 11.1. The molecule has 0 aliphatic carbocycles. The first-order chi connectivity index (χ1) is 13.2. The molecule has 0 unspecified atom stereocenters. The third-order valence-electron chi connectivity index (χ3n) is 4.77. The maximum absolute atomic E-state index is 13.4. The van der Waals surface area contributed by atoms with E-state index in [0.717, 1.165) is 11.1 Å². The molecule has 0 fully saturated rings. The van der Waals surface area contributed by atoms with Crippen molar-refractivity contribution in [1.29, 1.82) is 0 Å². The molecule has 0 bridgehead atoms. The Morgan fingerprint density at radius 1 is 0.889 bits per heavy atom. The lowest BCUT2D eigenvalue weighted by Gasteiger charge is -2.23. The number of aryl methyl sites for hydroxylation is 1. The van der Waals surface area contributed by atoms with Gasteiger partial charge in [0.15, 0.2) is 0 Å². The van der Waals surface area contributed by atoms with Crippen LogP contribution in [0, 0.1) is 6.92 Å². The third kappa shape index (κ3) is 3.10. The number of ether oxygens (including phenoxy) is 1. The van der Waals surface area contributed by atoms with Crippen molar-refractivity contribution in [3.05, 3.63) is 106 Å². The Kier molecular flexibility index (Phi) is 4.47. The molecule has 4 nitrogen and oxygen atoms in total. The smallest absolute Gasteiger partial charge is 0.262 e. The molecular formula is C23H20N2O2. The van der Waals surface area contributed by atoms with Gasteiger partial charge in [-0.2, -0.15) is 0 Å². The van der Waals surface area contributed by atoms with Crippen molar-refractivity contribution >= 4 is 10.9 Å². The number of methoxy groups -OCH3 is 1. The SMILES string of the molecule is COc1ccc2c(=O)n(C(c3ccccc3)c3ccccc3)c(C)nc2c1. The van der Waals surface area contributed by atoms with Gasteiger partial charge in [-0.1, -0.05) is 60.7 Å². The van der Waals surface area contributed by atoms with Crippen LogP contribution in [0.2, 0.25) is 0 Å². The zero-order chi connectivity index (χ0) is 18.8. The van der Waals surface area contributed by atoms with Crippen LogP contribution in [0.4, 0.5) is 0 Å². The molecule has 27 heavy (non-hydrogen) atoms. The minimum absolute atomic E-state index is 0.0575. The maximum Gasteiger partial charge on any atom is 0.262 e. The second-order valence-electron chi connectivity index (χ2n) is 6.44. The predicted molar refractivity (Wildman–Crippen MR) is 107 cm³/mol. The van der Waals surface area contributed by atoms with E-state index in [-0.39, 0.29) is 11.6 Å². The fraction of sp³-hybridized carbons (Fsp3) is 0.130.